The van der Waals surface area contributed by atoms with Gasteiger partial charge in [0.05, 0.1) is 6.54 Å². The van der Waals surface area contributed by atoms with E-state index < -0.39 is 5.97 Å². The van der Waals surface area contributed by atoms with Crippen molar-refractivity contribution in [2.24, 2.45) is 0 Å². The van der Waals surface area contributed by atoms with Gasteiger partial charge in [0, 0.05) is 0 Å². The van der Waals surface area contributed by atoms with Gasteiger partial charge in [-0.05, 0) is 6.92 Å². The van der Waals surface area contributed by atoms with Crippen LogP contribution in [0.5, 0.6) is 0 Å². The topological polar surface area (TPSA) is 75.4 Å². The van der Waals surface area contributed by atoms with Gasteiger partial charge in [0.1, 0.15) is 6.26 Å². The van der Waals surface area contributed by atoms with E-state index in [9.17, 15) is 4.79 Å². The fraction of sp³-hybridized carbons (Fsp3) is 0.250. The van der Waals surface area contributed by atoms with Crippen LogP contribution in [-0.4, -0.2) is 22.6 Å². The number of carboxylic acids is 1. The summed E-state index contributed by atoms with van der Waals surface area (Å²) >= 11 is 0. The van der Waals surface area contributed by atoms with Gasteiger partial charge < -0.3 is 14.8 Å². The van der Waals surface area contributed by atoms with Crippen LogP contribution in [0.2, 0.25) is 0 Å². The molecule has 0 aliphatic heterocycles. The van der Waals surface area contributed by atoms with Crippen LogP contribution in [0.25, 0.3) is 0 Å². The van der Waals surface area contributed by atoms with E-state index in [1.165, 1.54) is 0 Å². The lowest BCUT2D eigenvalue weighted by Gasteiger charge is -1.91. The highest BCUT2D eigenvalue weighted by Gasteiger charge is 2.08. The highest BCUT2D eigenvalue weighted by molar-refractivity contribution is 5.85. The first kappa shape index (κ1) is 9.13. The smallest absolute Gasteiger partial charge is 0.357 e. The van der Waals surface area contributed by atoms with Gasteiger partial charge in [0.2, 0.25) is 0 Å². The van der Waals surface area contributed by atoms with Crippen LogP contribution < -0.4 is 5.32 Å². The van der Waals surface area contributed by atoms with Gasteiger partial charge in [-0.1, -0.05) is 5.92 Å². The third-order valence-corrected chi connectivity index (χ3v) is 1.23. The first-order valence-electron chi connectivity index (χ1n) is 3.56. The van der Waals surface area contributed by atoms with Crippen LogP contribution >= 0.6 is 0 Å². The molecule has 0 saturated heterocycles. The van der Waals surface area contributed by atoms with Crippen LogP contribution in [0.3, 0.4) is 0 Å². The van der Waals surface area contributed by atoms with Crippen LogP contribution in [-0.2, 0) is 0 Å². The standard InChI is InChI=1S/C8H8N2O3/c1-2-3-4-9-8-10-6(5-13-8)7(11)12/h5H,4H2,1H3,(H,9,10)(H,11,12). The Kier molecular flexibility index (Phi) is 2.92. The Balaban J connectivity index is 2.57. The molecule has 0 aliphatic rings. The van der Waals surface area contributed by atoms with Crippen molar-refractivity contribution in [3.05, 3.63) is 12.0 Å². The second-order valence-corrected chi connectivity index (χ2v) is 2.12. The molecule has 0 bridgehead atoms. The molecule has 0 aliphatic carbocycles. The minimum absolute atomic E-state index is 0.119. The molecule has 0 unspecified atom stereocenters. The summed E-state index contributed by atoms with van der Waals surface area (Å²) in [6.07, 6.45) is 1.07. The number of aromatic nitrogens is 1. The summed E-state index contributed by atoms with van der Waals surface area (Å²) in [4.78, 5) is 14.0. The van der Waals surface area contributed by atoms with Crippen molar-refractivity contribution in [1.29, 1.82) is 0 Å². The molecule has 5 heteroatoms. The zero-order valence-electron chi connectivity index (χ0n) is 7.00. The number of hydrogen-bond acceptors (Lipinski definition) is 4. The van der Waals surface area contributed by atoms with Gasteiger partial charge in [-0.25, -0.2) is 4.79 Å². The first-order chi connectivity index (χ1) is 6.24. The molecule has 2 N–H and O–H groups in total. The highest BCUT2D eigenvalue weighted by Crippen LogP contribution is 2.06. The summed E-state index contributed by atoms with van der Waals surface area (Å²) in [6.45, 7) is 2.09. The predicted molar refractivity (Wildman–Crippen MR) is 45.4 cm³/mol. The first-order valence-corrected chi connectivity index (χ1v) is 3.56. The van der Waals surface area contributed by atoms with E-state index in [-0.39, 0.29) is 11.7 Å². The molecular formula is C8H8N2O3. The zero-order valence-corrected chi connectivity index (χ0v) is 7.00. The normalized spacial score (nSPS) is 8.69. The van der Waals surface area contributed by atoms with Crippen molar-refractivity contribution in [3.63, 3.8) is 0 Å². The van der Waals surface area contributed by atoms with Crippen molar-refractivity contribution in [3.8, 4) is 11.8 Å². The maximum absolute atomic E-state index is 10.4. The lowest BCUT2D eigenvalue weighted by atomic mass is 10.5. The van der Waals surface area contributed by atoms with E-state index in [1.807, 2.05) is 0 Å². The Labute approximate surface area is 74.8 Å². The number of nitrogens with one attached hydrogen (secondary N) is 1. The van der Waals surface area contributed by atoms with E-state index in [1.54, 1.807) is 6.92 Å². The van der Waals surface area contributed by atoms with Crippen molar-refractivity contribution in [1.82, 2.24) is 4.98 Å². The average Bonchev–Trinajstić information content (AvgIpc) is 2.53. The second kappa shape index (κ2) is 4.16. The van der Waals surface area contributed by atoms with Crippen LogP contribution in [0, 0.1) is 11.8 Å². The molecule has 5 nitrogen and oxygen atoms in total. The van der Waals surface area contributed by atoms with Crippen molar-refractivity contribution in [2.75, 3.05) is 11.9 Å². The third kappa shape index (κ3) is 2.52. The minimum Gasteiger partial charge on any atom is -0.476 e. The lowest BCUT2D eigenvalue weighted by molar-refractivity contribution is 0.0690. The molecular weight excluding hydrogens is 172 g/mol. The van der Waals surface area contributed by atoms with Gasteiger partial charge >= 0.3 is 5.97 Å². The molecule has 0 saturated carbocycles. The predicted octanol–water partition coefficient (Wildman–Crippen LogP) is 0.808. The maximum Gasteiger partial charge on any atom is 0.357 e. The number of nitrogens with zero attached hydrogens (tertiary/aromatic N) is 1. The summed E-state index contributed by atoms with van der Waals surface area (Å²) in [7, 11) is 0. The van der Waals surface area contributed by atoms with Crippen LogP contribution in [0.15, 0.2) is 10.7 Å². The number of hydrogen-bond donors (Lipinski definition) is 2. The molecule has 1 aromatic heterocycles. The van der Waals surface area contributed by atoms with Crippen LogP contribution in [0.4, 0.5) is 6.01 Å². The monoisotopic (exact) mass is 180 g/mol. The van der Waals surface area contributed by atoms with E-state index in [0.717, 1.165) is 6.26 Å². The third-order valence-electron chi connectivity index (χ3n) is 1.23. The Morgan fingerprint density at radius 3 is 3.15 bits per heavy atom. The number of oxazole rings is 1. The molecule has 0 amide bonds. The highest BCUT2D eigenvalue weighted by atomic mass is 16.4. The molecule has 0 fully saturated rings. The summed E-state index contributed by atoms with van der Waals surface area (Å²) in [5, 5.41) is 11.2. The Hall–Kier alpha value is -1.96. The number of carbonyl (C=O) groups is 1. The van der Waals surface area contributed by atoms with Crippen molar-refractivity contribution in [2.45, 2.75) is 6.92 Å². The van der Waals surface area contributed by atoms with Crippen LogP contribution in [0.1, 0.15) is 17.4 Å². The Bertz CT molecular complexity index is 359. The number of aromatic carboxylic acids is 1. The summed E-state index contributed by atoms with van der Waals surface area (Å²) in [5.74, 6) is 4.28. The Morgan fingerprint density at radius 2 is 2.62 bits per heavy atom. The molecule has 1 rings (SSSR count). The Morgan fingerprint density at radius 1 is 1.85 bits per heavy atom. The molecule has 1 aromatic rings. The summed E-state index contributed by atoms with van der Waals surface area (Å²) < 4.78 is 4.80. The number of carboxylic acid groups (broad SMARTS) is 1. The van der Waals surface area contributed by atoms with Gasteiger partial charge in [-0.15, -0.1) is 5.92 Å². The summed E-state index contributed by atoms with van der Waals surface area (Å²) in [6, 6.07) is 0.167. The lowest BCUT2D eigenvalue weighted by Crippen LogP contribution is -2.00. The van der Waals surface area contributed by atoms with Gasteiger partial charge in [-0.3, -0.25) is 0 Å². The van der Waals surface area contributed by atoms with Crippen molar-refractivity contribution < 1.29 is 14.3 Å². The quantitative estimate of drug-likeness (QED) is 0.673. The van der Waals surface area contributed by atoms with Gasteiger partial charge in [-0.2, -0.15) is 4.98 Å². The largest absolute Gasteiger partial charge is 0.476 e. The molecule has 1 heterocycles. The van der Waals surface area contributed by atoms with E-state index in [4.69, 9.17) is 9.52 Å². The molecule has 0 spiro atoms. The molecule has 13 heavy (non-hydrogen) atoms. The van der Waals surface area contributed by atoms with Crippen molar-refractivity contribution >= 4 is 12.0 Å². The fourth-order valence-corrected chi connectivity index (χ4v) is 0.661. The number of anilines is 1. The number of rotatable bonds is 3. The fourth-order valence-electron chi connectivity index (χ4n) is 0.661. The summed E-state index contributed by atoms with van der Waals surface area (Å²) in [5.41, 5.74) is -0.119. The average molecular weight is 180 g/mol. The van der Waals surface area contributed by atoms with Gasteiger partial charge in [0.25, 0.3) is 6.01 Å². The van der Waals surface area contributed by atoms with E-state index in [2.05, 4.69) is 22.1 Å². The SMILES string of the molecule is CC#CCNc1nc(C(=O)O)co1. The maximum atomic E-state index is 10.4. The molecule has 0 atom stereocenters. The van der Waals surface area contributed by atoms with E-state index in [0.29, 0.717) is 6.54 Å². The molecule has 0 aromatic carbocycles. The molecule has 68 valence electrons. The van der Waals surface area contributed by atoms with E-state index >= 15 is 0 Å². The minimum atomic E-state index is -1.11. The second-order valence-electron chi connectivity index (χ2n) is 2.12. The van der Waals surface area contributed by atoms with Gasteiger partial charge in [0.15, 0.2) is 5.69 Å². The molecule has 0 radical (unpaired) electrons. The zero-order chi connectivity index (χ0) is 9.68.